The van der Waals surface area contributed by atoms with Crippen LogP contribution in [-0.2, 0) is 9.47 Å². The Bertz CT molecular complexity index is 1080. The number of hydrazone groups is 1. The van der Waals surface area contributed by atoms with Crippen molar-refractivity contribution in [2.45, 2.75) is 79.6 Å². The Hall–Kier alpha value is -3.10. The number of aromatic nitrogens is 2. The fourth-order valence-corrected chi connectivity index (χ4v) is 3.01. The summed E-state index contributed by atoms with van der Waals surface area (Å²) in [5, 5.41) is 5.46. The molecule has 9 nitrogen and oxygen atoms in total. The molecule has 1 heterocycles. The summed E-state index contributed by atoms with van der Waals surface area (Å²) in [6.45, 7) is 16.5. The van der Waals surface area contributed by atoms with Gasteiger partial charge in [-0.2, -0.15) is 14.7 Å². The number of hydrogen-bond donors (Lipinski definition) is 0. The second kappa shape index (κ2) is 9.18. The van der Waals surface area contributed by atoms with Crippen LogP contribution in [0.3, 0.4) is 0 Å². The van der Waals surface area contributed by atoms with Crippen LogP contribution in [-0.4, -0.2) is 50.3 Å². The molecule has 1 amide bonds. The van der Waals surface area contributed by atoms with E-state index in [1.54, 1.807) is 66.7 Å². The zero-order valence-corrected chi connectivity index (χ0v) is 20.4. The minimum absolute atomic E-state index is 0.185. The van der Waals surface area contributed by atoms with Crippen LogP contribution in [0.4, 0.5) is 9.59 Å². The van der Waals surface area contributed by atoms with E-state index in [4.69, 9.17) is 9.47 Å². The number of nitrogens with zero attached hydrogens (tertiary/aromatic N) is 4. The van der Waals surface area contributed by atoms with Crippen molar-refractivity contribution in [2.24, 2.45) is 5.10 Å². The van der Waals surface area contributed by atoms with E-state index in [2.05, 4.69) is 5.10 Å². The lowest BCUT2D eigenvalue weighted by Gasteiger charge is -2.23. The highest BCUT2D eigenvalue weighted by Gasteiger charge is 2.25. The van der Waals surface area contributed by atoms with Crippen molar-refractivity contribution in [3.8, 4) is 0 Å². The summed E-state index contributed by atoms with van der Waals surface area (Å²) in [6.07, 6.45) is 0.246. The second-order valence-electron chi connectivity index (χ2n) is 9.75. The lowest BCUT2D eigenvalue weighted by molar-refractivity contribution is 0.0266. The lowest BCUT2D eigenvalue weighted by atomic mass is 10.2. The molecule has 0 radical (unpaired) electrons. The number of carbonyl (C=O) groups is 2. The monoisotopic (exact) mass is 446 g/mol. The molecule has 2 rings (SSSR count). The molecule has 1 aromatic heterocycles. The minimum atomic E-state index is -0.735. The number of fused-ring (bicyclic) bond motifs is 1. The maximum Gasteiger partial charge on any atom is 0.430 e. The normalized spacial score (nSPS) is 12.6. The van der Waals surface area contributed by atoms with Crippen molar-refractivity contribution in [3.05, 3.63) is 34.2 Å². The third kappa shape index (κ3) is 5.99. The van der Waals surface area contributed by atoms with Crippen LogP contribution in [0.1, 0.15) is 73.9 Å². The molecule has 0 aliphatic carbocycles. The van der Waals surface area contributed by atoms with Crippen molar-refractivity contribution >= 4 is 29.4 Å². The number of amides is 1. The Morgan fingerprint density at radius 3 is 2.16 bits per heavy atom. The van der Waals surface area contributed by atoms with Crippen LogP contribution in [0.15, 0.2) is 28.1 Å². The maximum absolute atomic E-state index is 13.0. The van der Waals surface area contributed by atoms with Gasteiger partial charge in [-0.25, -0.2) is 14.4 Å². The van der Waals surface area contributed by atoms with Gasteiger partial charge in [0.05, 0.1) is 17.2 Å². The highest BCUT2D eigenvalue weighted by molar-refractivity contribution is 5.92. The van der Waals surface area contributed by atoms with Gasteiger partial charge in [0.25, 0.3) is 0 Å². The third-order valence-electron chi connectivity index (χ3n) is 4.24. The molecule has 0 N–H and O–H groups in total. The Labute approximate surface area is 188 Å². The zero-order valence-electron chi connectivity index (χ0n) is 20.4. The van der Waals surface area contributed by atoms with E-state index in [1.807, 2.05) is 13.8 Å². The van der Waals surface area contributed by atoms with Crippen LogP contribution in [0.2, 0.25) is 0 Å². The molecule has 0 saturated carbocycles. The Balaban J connectivity index is 2.49. The van der Waals surface area contributed by atoms with Crippen LogP contribution in [0, 0.1) is 0 Å². The molecule has 0 bridgehead atoms. The van der Waals surface area contributed by atoms with Gasteiger partial charge in [0.1, 0.15) is 11.2 Å². The van der Waals surface area contributed by atoms with Gasteiger partial charge in [-0.15, -0.1) is 0 Å². The number of hydrogen-bond acceptors (Lipinski definition) is 6. The van der Waals surface area contributed by atoms with Gasteiger partial charge in [-0.1, -0.05) is 6.07 Å². The SMILES string of the molecule is CCN(/N=C/c1ccc2c(c1)n(C(C)C)c(=O)n2C(=O)OC(C)(C)C)C(=O)OC(C)(C)C. The largest absolute Gasteiger partial charge is 0.443 e. The van der Waals surface area contributed by atoms with Gasteiger partial charge in [-0.3, -0.25) is 4.57 Å². The van der Waals surface area contributed by atoms with Gasteiger partial charge in [0.15, 0.2) is 0 Å². The number of carbonyl (C=O) groups excluding carboxylic acids is 2. The fourth-order valence-electron chi connectivity index (χ4n) is 3.01. The van der Waals surface area contributed by atoms with Crippen molar-refractivity contribution in [2.75, 3.05) is 6.54 Å². The molecule has 0 atom stereocenters. The molecular weight excluding hydrogens is 412 g/mol. The molecule has 0 aliphatic rings. The lowest BCUT2D eigenvalue weighted by Crippen LogP contribution is -2.34. The van der Waals surface area contributed by atoms with Crippen LogP contribution in [0.25, 0.3) is 11.0 Å². The van der Waals surface area contributed by atoms with E-state index in [0.29, 0.717) is 23.1 Å². The number of imidazole rings is 1. The number of benzene rings is 1. The first-order chi connectivity index (χ1) is 14.6. The van der Waals surface area contributed by atoms with Crippen molar-refractivity contribution in [1.82, 2.24) is 14.1 Å². The van der Waals surface area contributed by atoms with Crippen molar-refractivity contribution in [1.29, 1.82) is 0 Å². The van der Waals surface area contributed by atoms with E-state index in [9.17, 15) is 14.4 Å². The molecule has 9 heteroatoms. The fraction of sp³-hybridized carbons (Fsp3) is 0.565. The first-order valence-corrected chi connectivity index (χ1v) is 10.7. The van der Waals surface area contributed by atoms with Gasteiger partial charge >= 0.3 is 17.9 Å². The molecule has 32 heavy (non-hydrogen) atoms. The molecular formula is C23H34N4O5. The summed E-state index contributed by atoms with van der Waals surface area (Å²) in [4.78, 5) is 38.0. The molecule has 2 aromatic rings. The number of rotatable bonds is 4. The topological polar surface area (TPSA) is 95.1 Å². The van der Waals surface area contributed by atoms with Crippen molar-refractivity contribution in [3.63, 3.8) is 0 Å². The molecule has 0 saturated heterocycles. The minimum Gasteiger partial charge on any atom is -0.443 e. The van der Waals surface area contributed by atoms with Gasteiger partial charge < -0.3 is 9.47 Å². The Morgan fingerprint density at radius 2 is 1.66 bits per heavy atom. The van der Waals surface area contributed by atoms with Gasteiger partial charge in [-0.05, 0) is 80.0 Å². The quantitative estimate of drug-likeness (QED) is 0.498. The number of ether oxygens (including phenoxy) is 2. The molecule has 0 fully saturated rings. The van der Waals surface area contributed by atoms with E-state index < -0.39 is 29.1 Å². The summed E-state index contributed by atoms with van der Waals surface area (Å²) in [6, 6.07) is 4.96. The smallest absolute Gasteiger partial charge is 0.430 e. The average molecular weight is 447 g/mol. The van der Waals surface area contributed by atoms with E-state index in [0.717, 1.165) is 4.57 Å². The molecule has 0 unspecified atom stereocenters. The third-order valence-corrected chi connectivity index (χ3v) is 4.24. The predicted octanol–water partition coefficient (Wildman–Crippen LogP) is 4.76. The first-order valence-electron chi connectivity index (χ1n) is 10.7. The summed E-state index contributed by atoms with van der Waals surface area (Å²) in [5.41, 5.74) is -0.162. The molecule has 0 spiro atoms. The van der Waals surface area contributed by atoms with Crippen molar-refractivity contribution < 1.29 is 19.1 Å². The van der Waals surface area contributed by atoms with Gasteiger partial charge in [0, 0.05) is 12.6 Å². The second-order valence-corrected chi connectivity index (χ2v) is 9.75. The summed E-state index contributed by atoms with van der Waals surface area (Å²) in [7, 11) is 0. The van der Waals surface area contributed by atoms with E-state index in [-0.39, 0.29) is 6.04 Å². The van der Waals surface area contributed by atoms with E-state index in [1.165, 1.54) is 15.8 Å². The Kier molecular flexibility index (Phi) is 7.22. The maximum atomic E-state index is 13.0. The molecule has 176 valence electrons. The summed E-state index contributed by atoms with van der Waals surface area (Å²) < 4.78 is 13.4. The first kappa shape index (κ1) is 25.2. The molecule has 0 aliphatic heterocycles. The Morgan fingerprint density at radius 1 is 1.06 bits per heavy atom. The van der Waals surface area contributed by atoms with Crippen LogP contribution >= 0.6 is 0 Å². The van der Waals surface area contributed by atoms with Crippen LogP contribution in [0.5, 0.6) is 0 Å². The predicted molar refractivity (Wildman–Crippen MR) is 124 cm³/mol. The highest BCUT2D eigenvalue weighted by Crippen LogP contribution is 2.20. The van der Waals surface area contributed by atoms with E-state index >= 15 is 0 Å². The summed E-state index contributed by atoms with van der Waals surface area (Å²) >= 11 is 0. The molecule has 1 aromatic carbocycles. The highest BCUT2D eigenvalue weighted by atomic mass is 16.6. The zero-order chi connectivity index (χ0) is 24.4. The standard InChI is InChI=1S/C23H34N4O5/c1-10-25(20(29)31-22(4,5)6)24-14-16-11-12-17-18(13-16)26(15(2)3)19(28)27(17)21(30)32-23(7,8)9/h11-15H,10H2,1-9H3/b24-14+. The van der Waals surface area contributed by atoms with Crippen LogP contribution < -0.4 is 5.69 Å². The van der Waals surface area contributed by atoms with Gasteiger partial charge in [0.2, 0.25) is 0 Å². The average Bonchev–Trinajstić information content (AvgIpc) is 2.90. The summed E-state index contributed by atoms with van der Waals surface area (Å²) in [5.74, 6) is 0.